The topological polar surface area (TPSA) is 38.7 Å². The molecule has 0 atom stereocenters. The summed E-state index contributed by atoms with van der Waals surface area (Å²) in [5.74, 6) is 0.820. The lowest BCUT2D eigenvalue weighted by atomic mass is 10.2. The first kappa shape index (κ1) is 14.8. The van der Waals surface area contributed by atoms with Crippen LogP contribution in [0, 0.1) is 5.82 Å². The molecule has 106 valence electrons. The van der Waals surface area contributed by atoms with E-state index in [9.17, 15) is 9.50 Å². The van der Waals surface area contributed by atoms with Gasteiger partial charge in [0.25, 0.3) is 0 Å². The van der Waals surface area contributed by atoms with Gasteiger partial charge < -0.3 is 14.6 Å². The van der Waals surface area contributed by atoms with Crippen molar-refractivity contribution in [2.45, 2.75) is 13.2 Å². The van der Waals surface area contributed by atoms with E-state index in [1.54, 1.807) is 7.11 Å². The molecule has 0 fully saturated rings. The summed E-state index contributed by atoms with van der Waals surface area (Å²) in [5.41, 5.74) is 1.36. The van der Waals surface area contributed by atoms with E-state index in [1.165, 1.54) is 18.2 Å². The van der Waals surface area contributed by atoms with Crippen molar-refractivity contribution in [1.29, 1.82) is 0 Å². The molecule has 0 radical (unpaired) electrons. The SMILES string of the molecule is COc1ccc(COc2ccc(F)cc2CO)cc1Br. The van der Waals surface area contributed by atoms with E-state index in [1.807, 2.05) is 18.2 Å². The molecular formula is C15H14BrFO3. The van der Waals surface area contributed by atoms with Crippen molar-refractivity contribution in [2.75, 3.05) is 7.11 Å². The summed E-state index contributed by atoms with van der Waals surface area (Å²) >= 11 is 3.40. The van der Waals surface area contributed by atoms with Crippen LogP contribution in [0.4, 0.5) is 4.39 Å². The molecule has 0 spiro atoms. The van der Waals surface area contributed by atoms with Gasteiger partial charge in [-0.1, -0.05) is 6.07 Å². The summed E-state index contributed by atoms with van der Waals surface area (Å²) in [5, 5.41) is 9.18. The highest BCUT2D eigenvalue weighted by molar-refractivity contribution is 9.10. The number of halogens is 2. The van der Waals surface area contributed by atoms with Crippen LogP contribution in [0.1, 0.15) is 11.1 Å². The minimum absolute atomic E-state index is 0.264. The van der Waals surface area contributed by atoms with Crippen LogP contribution in [0.15, 0.2) is 40.9 Å². The molecule has 0 saturated carbocycles. The predicted octanol–water partition coefficient (Wildman–Crippen LogP) is 3.67. The lowest BCUT2D eigenvalue weighted by Gasteiger charge is -2.11. The number of aliphatic hydroxyl groups excluding tert-OH is 1. The number of aliphatic hydroxyl groups is 1. The van der Waals surface area contributed by atoms with E-state index < -0.39 is 5.82 Å². The first-order valence-corrected chi connectivity index (χ1v) is 6.78. The maximum Gasteiger partial charge on any atom is 0.133 e. The van der Waals surface area contributed by atoms with Crippen molar-refractivity contribution in [1.82, 2.24) is 0 Å². The monoisotopic (exact) mass is 340 g/mol. The second-order valence-electron chi connectivity index (χ2n) is 4.17. The molecule has 0 unspecified atom stereocenters. The maximum absolute atomic E-state index is 13.0. The highest BCUT2D eigenvalue weighted by Gasteiger charge is 2.06. The average molecular weight is 341 g/mol. The Hall–Kier alpha value is -1.59. The second-order valence-corrected chi connectivity index (χ2v) is 5.02. The van der Waals surface area contributed by atoms with Crippen LogP contribution in [-0.2, 0) is 13.2 Å². The highest BCUT2D eigenvalue weighted by Crippen LogP contribution is 2.27. The van der Waals surface area contributed by atoms with Crippen LogP contribution in [-0.4, -0.2) is 12.2 Å². The zero-order valence-electron chi connectivity index (χ0n) is 10.9. The Labute approximate surface area is 125 Å². The minimum atomic E-state index is -0.395. The smallest absolute Gasteiger partial charge is 0.133 e. The number of ether oxygens (including phenoxy) is 2. The van der Waals surface area contributed by atoms with Crippen LogP contribution >= 0.6 is 15.9 Å². The quantitative estimate of drug-likeness (QED) is 0.902. The Morgan fingerprint density at radius 2 is 1.90 bits per heavy atom. The lowest BCUT2D eigenvalue weighted by molar-refractivity contribution is 0.258. The van der Waals surface area contributed by atoms with Crippen molar-refractivity contribution < 1.29 is 19.0 Å². The van der Waals surface area contributed by atoms with Gasteiger partial charge in [0.1, 0.15) is 23.9 Å². The summed E-state index contributed by atoms with van der Waals surface area (Å²) in [6.45, 7) is 0.0562. The summed E-state index contributed by atoms with van der Waals surface area (Å²) in [6.07, 6.45) is 0. The van der Waals surface area contributed by atoms with Gasteiger partial charge in [0.05, 0.1) is 18.2 Å². The average Bonchev–Trinajstić information content (AvgIpc) is 2.46. The molecule has 0 aliphatic carbocycles. The molecule has 5 heteroatoms. The van der Waals surface area contributed by atoms with Crippen molar-refractivity contribution >= 4 is 15.9 Å². The Morgan fingerprint density at radius 3 is 2.55 bits per heavy atom. The molecule has 0 aromatic heterocycles. The molecule has 0 saturated heterocycles. The normalized spacial score (nSPS) is 10.4. The minimum Gasteiger partial charge on any atom is -0.496 e. The van der Waals surface area contributed by atoms with Gasteiger partial charge in [0, 0.05) is 5.56 Å². The van der Waals surface area contributed by atoms with Crippen LogP contribution in [0.5, 0.6) is 11.5 Å². The fourth-order valence-electron chi connectivity index (χ4n) is 1.77. The van der Waals surface area contributed by atoms with E-state index in [0.717, 1.165) is 15.8 Å². The van der Waals surface area contributed by atoms with Gasteiger partial charge in [-0.15, -0.1) is 0 Å². The van der Waals surface area contributed by atoms with E-state index in [2.05, 4.69) is 15.9 Å². The third-order valence-corrected chi connectivity index (χ3v) is 3.42. The molecule has 2 aromatic rings. The van der Waals surface area contributed by atoms with Gasteiger partial charge in [0.15, 0.2) is 0 Å². The van der Waals surface area contributed by atoms with E-state index in [4.69, 9.17) is 9.47 Å². The first-order valence-electron chi connectivity index (χ1n) is 5.98. The van der Waals surface area contributed by atoms with Crippen LogP contribution in [0.2, 0.25) is 0 Å². The molecule has 20 heavy (non-hydrogen) atoms. The fraction of sp³-hybridized carbons (Fsp3) is 0.200. The molecule has 2 rings (SSSR count). The summed E-state index contributed by atoms with van der Waals surface area (Å²) in [4.78, 5) is 0. The fourth-order valence-corrected chi connectivity index (χ4v) is 2.36. The van der Waals surface area contributed by atoms with E-state index in [-0.39, 0.29) is 6.61 Å². The molecule has 0 bridgehead atoms. The molecule has 1 N–H and O–H groups in total. The molecule has 0 amide bonds. The summed E-state index contributed by atoms with van der Waals surface area (Å²) in [6, 6.07) is 9.68. The largest absolute Gasteiger partial charge is 0.496 e. The lowest BCUT2D eigenvalue weighted by Crippen LogP contribution is -1.99. The van der Waals surface area contributed by atoms with Gasteiger partial charge in [-0.3, -0.25) is 0 Å². The van der Waals surface area contributed by atoms with Crippen LogP contribution < -0.4 is 9.47 Å². The Kier molecular flexibility index (Phi) is 4.98. The van der Waals surface area contributed by atoms with Crippen molar-refractivity contribution in [2.24, 2.45) is 0 Å². The molecule has 0 aliphatic heterocycles. The van der Waals surface area contributed by atoms with Gasteiger partial charge in [-0.2, -0.15) is 0 Å². The molecular weight excluding hydrogens is 327 g/mol. The van der Waals surface area contributed by atoms with Gasteiger partial charge in [-0.25, -0.2) is 4.39 Å². The van der Waals surface area contributed by atoms with Crippen LogP contribution in [0.25, 0.3) is 0 Å². The standard InChI is InChI=1S/C15H14BrFO3/c1-19-15-4-2-10(6-13(15)16)9-20-14-5-3-12(17)7-11(14)8-18/h2-7,18H,8-9H2,1H3. The summed E-state index contributed by atoms with van der Waals surface area (Å²) < 4.78 is 24.6. The predicted molar refractivity (Wildman–Crippen MR) is 77.3 cm³/mol. The molecule has 0 heterocycles. The number of benzene rings is 2. The van der Waals surface area contributed by atoms with Crippen molar-refractivity contribution in [3.05, 3.63) is 57.8 Å². The Bertz CT molecular complexity index is 602. The Morgan fingerprint density at radius 1 is 1.15 bits per heavy atom. The zero-order valence-corrected chi connectivity index (χ0v) is 12.5. The summed E-state index contributed by atoms with van der Waals surface area (Å²) in [7, 11) is 1.60. The van der Waals surface area contributed by atoms with E-state index >= 15 is 0 Å². The molecule has 3 nitrogen and oxygen atoms in total. The number of rotatable bonds is 5. The number of hydrogen-bond donors (Lipinski definition) is 1. The third-order valence-electron chi connectivity index (χ3n) is 2.80. The molecule has 2 aromatic carbocycles. The molecule has 0 aliphatic rings. The van der Waals surface area contributed by atoms with E-state index in [0.29, 0.717) is 17.9 Å². The van der Waals surface area contributed by atoms with Gasteiger partial charge in [-0.05, 0) is 51.8 Å². The van der Waals surface area contributed by atoms with Crippen molar-refractivity contribution in [3.63, 3.8) is 0 Å². The maximum atomic E-state index is 13.0. The van der Waals surface area contributed by atoms with Gasteiger partial charge >= 0.3 is 0 Å². The Balaban J connectivity index is 2.10. The first-order chi connectivity index (χ1) is 9.63. The zero-order chi connectivity index (χ0) is 14.5. The van der Waals surface area contributed by atoms with Crippen LogP contribution in [0.3, 0.4) is 0 Å². The number of hydrogen-bond acceptors (Lipinski definition) is 3. The number of methoxy groups -OCH3 is 1. The second kappa shape index (κ2) is 6.72. The highest BCUT2D eigenvalue weighted by atomic mass is 79.9. The third kappa shape index (κ3) is 3.49. The van der Waals surface area contributed by atoms with Gasteiger partial charge in [0.2, 0.25) is 0 Å². The van der Waals surface area contributed by atoms with Crippen molar-refractivity contribution in [3.8, 4) is 11.5 Å².